The average molecular weight is 757 g/mol. The van der Waals surface area contributed by atoms with E-state index in [0.29, 0.717) is 0 Å². The van der Waals surface area contributed by atoms with E-state index in [1.807, 2.05) is 48.5 Å². The van der Waals surface area contributed by atoms with Crippen LogP contribution in [0.3, 0.4) is 0 Å². The van der Waals surface area contributed by atoms with E-state index in [0.717, 1.165) is 101 Å². The lowest BCUT2D eigenvalue weighted by molar-refractivity contribution is 0.416. The van der Waals surface area contributed by atoms with Gasteiger partial charge in [-0.1, -0.05) is 170 Å². The van der Waals surface area contributed by atoms with Gasteiger partial charge in [-0.15, -0.1) is 0 Å². The predicted molar refractivity (Wildman–Crippen MR) is 239 cm³/mol. The van der Waals surface area contributed by atoms with Crippen molar-refractivity contribution in [1.82, 2.24) is 0 Å². The molecule has 0 amide bonds. The Kier molecular flexibility index (Phi) is 11.2. The maximum atomic E-state index is 6.04. The van der Waals surface area contributed by atoms with Crippen LogP contribution in [0.2, 0.25) is 0 Å². The average Bonchev–Trinajstić information content (AvgIpc) is 3.30. The van der Waals surface area contributed by atoms with E-state index in [4.69, 9.17) is 18.9 Å². The van der Waals surface area contributed by atoms with Crippen LogP contribution >= 0.6 is 0 Å². The Morgan fingerprint density at radius 1 is 0.224 bits per heavy atom. The molecule has 0 saturated carbocycles. The van der Waals surface area contributed by atoms with Gasteiger partial charge in [-0.25, -0.2) is 0 Å². The van der Waals surface area contributed by atoms with Crippen LogP contribution < -0.4 is 18.9 Å². The quantitative estimate of drug-likeness (QED) is 0.116. The third-order valence-electron chi connectivity index (χ3n) is 10.6. The standard InChI is InChI=1S/C54H44O4/c1-55-49-33-17-13-25-41(49)37-21-5-9-29-45(37)53(46-30-10-6-22-38(46)42-26-14-18-34-50(42)56-2)54(47-31-11-7-23-39(47)43-27-15-19-35-51(43)57-3)48-32-12-8-24-40(48)44-28-16-20-36-52(44)58-4/h5-36H,1-4H3. The first-order valence-corrected chi connectivity index (χ1v) is 19.3. The highest BCUT2D eigenvalue weighted by Crippen LogP contribution is 2.50. The molecule has 4 nitrogen and oxygen atoms in total. The normalized spacial score (nSPS) is 10.8. The minimum atomic E-state index is 0.790. The molecule has 0 fully saturated rings. The fraction of sp³-hybridized carbons (Fsp3) is 0.0741. The minimum absolute atomic E-state index is 0.790. The Morgan fingerprint density at radius 2 is 0.397 bits per heavy atom. The molecule has 0 N–H and O–H groups in total. The molecule has 284 valence electrons. The van der Waals surface area contributed by atoms with Gasteiger partial charge in [0.1, 0.15) is 23.0 Å². The van der Waals surface area contributed by atoms with Gasteiger partial charge in [0.2, 0.25) is 0 Å². The highest BCUT2D eigenvalue weighted by molar-refractivity contribution is 6.13. The summed E-state index contributed by atoms with van der Waals surface area (Å²) in [7, 11) is 6.92. The second-order valence-corrected chi connectivity index (χ2v) is 13.7. The molecule has 4 heteroatoms. The number of ether oxygens (including phenoxy) is 4. The number of benzene rings is 8. The second kappa shape index (κ2) is 17.2. The van der Waals surface area contributed by atoms with Crippen LogP contribution in [0, 0.1) is 0 Å². The minimum Gasteiger partial charge on any atom is -0.496 e. The second-order valence-electron chi connectivity index (χ2n) is 13.7. The monoisotopic (exact) mass is 756 g/mol. The summed E-state index contributed by atoms with van der Waals surface area (Å²) in [5.41, 5.74) is 14.3. The summed E-state index contributed by atoms with van der Waals surface area (Å²) >= 11 is 0. The van der Waals surface area contributed by atoms with Crippen molar-refractivity contribution in [3.63, 3.8) is 0 Å². The van der Waals surface area contributed by atoms with Crippen molar-refractivity contribution in [2.24, 2.45) is 0 Å². The maximum Gasteiger partial charge on any atom is 0.126 e. The first kappa shape index (κ1) is 37.6. The van der Waals surface area contributed by atoms with Crippen molar-refractivity contribution in [3.8, 4) is 67.5 Å². The maximum absolute atomic E-state index is 6.04. The first-order chi connectivity index (χ1) is 28.7. The van der Waals surface area contributed by atoms with Crippen LogP contribution in [0.25, 0.3) is 55.7 Å². The lowest BCUT2D eigenvalue weighted by Crippen LogP contribution is -2.04. The number of rotatable bonds is 12. The number of methoxy groups -OCH3 is 4. The van der Waals surface area contributed by atoms with E-state index < -0.39 is 0 Å². The van der Waals surface area contributed by atoms with E-state index in [-0.39, 0.29) is 0 Å². The van der Waals surface area contributed by atoms with Gasteiger partial charge in [-0.2, -0.15) is 0 Å². The number of hydrogen-bond acceptors (Lipinski definition) is 4. The van der Waals surface area contributed by atoms with Crippen molar-refractivity contribution in [3.05, 3.63) is 216 Å². The van der Waals surface area contributed by atoms with Gasteiger partial charge in [-0.05, 0) is 79.9 Å². The van der Waals surface area contributed by atoms with Crippen LogP contribution in [-0.4, -0.2) is 28.4 Å². The zero-order chi connectivity index (χ0) is 39.8. The van der Waals surface area contributed by atoms with Crippen LogP contribution in [0.4, 0.5) is 0 Å². The Bertz CT molecular complexity index is 2370. The van der Waals surface area contributed by atoms with E-state index in [9.17, 15) is 0 Å². The summed E-state index contributed by atoms with van der Waals surface area (Å²) in [5.74, 6) is 3.16. The summed E-state index contributed by atoms with van der Waals surface area (Å²) in [6.45, 7) is 0. The molecule has 0 spiro atoms. The molecule has 8 rings (SSSR count). The van der Waals surface area contributed by atoms with E-state index >= 15 is 0 Å². The fourth-order valence-electron chi connectivity index (χ4n) is 8.04. The van der Waals surface area contributed by atoms with Crippen molar-refractivity contribution in [2.45, 2.75) is 0 Å². The molecule has 0 unspecified atom stereocenters. The molecular formula is C54H44O4. The number of para-hydroxylation sites is 4. The summed E-state index contributed by atoms with van der Waals surface area (Å²) in [4.78, 5) is 0. The molecule has 0 bridgehead atoms. The fourth-order valence-corrected chi connectivity index (χ4v) is 8.04. The molecule has 0 atom stereocenters. The highest BCUT2D eigenvalue weighted by Gasteiger charge is 2.27. The number of hydrogen-bond donors (Lipinski definition) is 0. The molecule has 0 heterocycles. The van der Waals surface area contributed by atoms with Crippen molar-refractivity contribution >= 4 is 11.1 Å². The molecule has 0 aliphatic rings. The Morgan fingerprint density at radius 3 is 0.603 bits per heavy atom. The van der Waals surface area contributed by atoms with Crippen molar-refractivity contribution in [1.29, 1.82) is 0 Å². The topological polar surface area (TPSA) is 36.9 Å². The SMILES string of the molecule is COc1ccccc1-c1ccccc1C(=C(c1ccccc1-c1ccccc1OC)c1ccccc1-c1ccccc1OC)c1ccccc1-c1ccccc1OC. The molecule has 58 heavy (non-hydrogen) atoms. The van der Waals surface area contributed by atoms with Gasteiger partial charge < -0.3 is 18.9 Å². The smallest absolute Gasteiger partial charge is 0.126 e. The zero-order valence-corrected chi connectivity index (χ0v) is 33.1. The molecule has 0 saturated heterocycles. The summed E-state index contributed by atoms with van der Waals surface area (Å²) in [5, 5.41) is 0. The van der Waals surface area contributed by atoms with E-state index in [2.05, 4.69) is 146 Å². The van der Waals surface area contributed by atoms with Crippen LogP contribution in [0.5, 0.6) is 23.0 Å². The van der Waals surface area contributed by atoms with Crippen LogP contribution in [0.1, 0.15) is 22.3 Å². The zero-order valence-electron chi connectivity index (χ0n) is 33.1. The largest absolute Gasteiger partial charge is 0.496 e. The lowest BCUT2D eigenvalue weighted by atomic mass is 9.77. The van der Waals surface area contributed by atoms with Gasteiger partial charge in [0, 0.05) is 22.3 Å². The van der Waals surface area contributed by atoms with Crippen LogP contribution in [-0.2, 0) is 0 Å². The molecule has 0 radical (unpaired) electrons. The summed E-state index contributed by atoms with van der Waals surface area (Å²) in [6.07, 6.45) is 0. The lowest BCUT2D eigenvalue weighted by Gasteiger charge is -2.26. The molecule has 0 aliphatic carbocycles. The molecule has 8 aromatic rings. The van der Waals surface area contributed by atoms with E-state index in [1.54, 1.807) is 28.4 Å². The van der Waals surface area contributed by atoms with Gasteiger partial charge in [0.15, 0.2) is 0 Å². The highest BCUT2D eigenvalue weighted by atomic mass is 16.5. The predicted octanol–water partition coefficient (Wildman–Crippen LogP) is 13.4. The summed E-state index contributed by atoms with van der Waals surface area (Å²) in [6, 6.07) is 67.5. The Labute approximate surface area is 341 Å². The van der Waals surface area contributed by atoms with Gasteiger partial charge in [-0.3, -0.25) is 0 Å². The molecule has 0 aromatic heterocycles. The Balaban J connectivity index is 1.63. The van der Waals surface area contributed by atoms with E-state index in [1.165, 1.54) is 0 Å². The first-order valence-electron chi connectivity index (χ1n) is 19.3. The third-order valence-corrected chi connectivity index (χ3v) is 10.6. The van der Waals surface area contributed by atoms with Crippen molar-refractivity contribution in [2.75, 3.05) is 28.4 Å². The van der Waals surface area contributed by atoms with Crippen LogP contribution in [0.15, 0.2) is 194 Å². The summed E-state index contributed by atoms with van der Waals surface area (Å²) < 4.78 is 24.2. The van der Waals surface area contributed by atoms with Crippen molar-refractivity contribution < 1.29 is 18.9 Å². The molecule has 8 aromatic carbocycles. The third kappa shape index (κ3) is 7.13. The van der Waals surface area contributed by atoms with Gasteiger partial charge in [0.05, 0.1) is 28.4 Å². The Hall–Kier alpha value is -7.30. The molecule has 0 aliphatic heterocycles. The van der Waals surface area contributed by atoms with Gasteiger partial charge >= 0.3 is 0 Å². The van der Waals surface area contributed by atoms with Gasteiger partial charge in [0.25, 0.3) is 0 Å². The molecular weight excluding hydrogens is 713 g/mol.